The molecule has 1 aromatic rings. The van der Waals surface area contributed by atoms with Crippen molar-refractivity contribution in [2.45, 2.75) is 46.5 Å². The molecule has 1 aromatic carbocycles. The first-order valence-corrected chi connectivity index (χ1v) is 10.6. The molecule has 0 unspecified atom stereocenters. The van der Waals surface area contributed by atoms with Crippen LogP contribution in [0.4, 0.5) is 0 Å². The second kappa shape index (κ2) is 13.9. The topological polar surface area (TPSA) is 64.1 Å². The number of benzene rings is 1. The lowest BCUT2D eigenvalue weighted by molar-refractivity contribution is 0.128. The van der Waals surface area contributed by atoms with Crippen molar-refractivity contribution < 1.29 is 14.2 Å². The predicted molar refractivity (Wildman–Crippen MR) is 130 cm³/mol. The van der Waals surface area contributed by atoms with Crippen molar-refractivity contribution in [1.82, 2.24) is 10.6 Å². The Balaban J connectivity index is 0.00000420. The van der Waals surface area contributed by atoms with Gasteiger partial charge >= 0.3 is 0 Å². The van der Waals surface area contributed by atoms with Crippen LogP contribution < -0.4 is 20.1 Å². The molecule has 7 heteroatoms. The van der Waals surface area contributed by atoms with Crippen LogP contribution in [0.5, 0.6) is 11.5 Å². The molecule has 6 nitrogen and oxygen atoms in total. The van der Waals surface area contributed by atoms with E-state index in [1.807, 2.05) is 33.9 Å². The summed E-state index contributed by atoms with van der Waals surface area (Å²) in [7, 11) is 1.82. The number of halogens is 1. The molecular formula is C22H38IN3O3. The van der Waals surface area contributed by atoms with E-state index in [2.05, 4.69) is 27.8 Å². The molecule has 166 valence electrons. The first-order valence-electron chi connectivity index (χ1n) is 10.6. The Kier molecular flexibility index (Phi) is 12.4. The van der Waals surface area contributed by atoms with Crippen LogP contribution in [0.25, 0.3) is 0 Å². The van der Waals surface area contributed by atoms with E-state index in [4.69, 9.17) is 14.2 Å². The normalized spacial score (nSPS) is 14.7. The first-order chi connectivity index (χ1) is 13.7. The summed E-state index contributed by atoms with van der Waals surface area (Å²) in [6, 6.07) is 6.16. The molecule has 0 amide bonds. The molecule has 0 radical (unpaired) electrons. The van der Waals surface area contributed by atoms with Gasteiger partial charge in [0.25, 0.3) is 0 Å². The molecule has 0 atom stereocenters. The number of ether oxygens (including phenoxy) is 3. The van der Waals surface area contributed by atoms with Gasteiger partial charge in [-0.05, 0) is 69.6 Å². The zero-order valence-electron chi connectivity index (χ0n) is 18.4. The molecule has 0 spiro atoms. The van der Waals surface area contributed by atoms with Gasteiger partial charge in [0.2, 0.25) is 0 Å². The van der Waals surface area contributed by atoms with E-state index < -0.39 is 0 Å². The second-order valence-corrected chi connectivity index (χ2v) is 7.20. The highest BCUT2D eigenvalue weighted by atomic mass is 127. The number of hydrogen-bond donors (Lipinski definition) is 2. The van der Waals surface area contributed by atoms with Gasteiger partial charge in [-0.15, -0.1) is 24.0 Å². The standard InChI is InChI=1S/C22H37N3O3.HI/c1-5-26-15-13-22(11-12-22)17-25-21(23-4)24-14-10-18-8-9-19(27-6-2)20(16-18)28-7-3;/h8-9,16H,5-7,10-15,17H2,1-4H3,(H2,23,24,25);1H. The molecule has 1 aliphatic rings. The third kappa shape index (κ3) is 8.99. The summed E-state index contributed by atoms with van der Waals surface area (Å²) in [4.78, 5) is 4.35. The lowest BCUT2D eigenvalue weighted by Crippen LogP contribution is -2.41. The monoisotopic (exact) mass is 519 g/mol. The van der Waals surface area contributed by atoms with Gasteiger partial charge in [-0.2, -0.15) is 0 Å². The van der Waals surface area contributed by atoms with Gasteiger partial charge in [-0.3, -0.25) is 4.99 Å². The van der Waals surface area contributed by atoms with Crippen molar-refractivity contribution in [3.05, 3.63) is 23.8 Å². The third-order valence-corrected chi connectivity index (χ3v) is 5.11. The summed E-state index contributed by atoms with van der Waals surface area (Å²) in [6.07, 6.45) is 4.56. The van der Waals surface area contributed by atoms with Crippen molar-refractivity contribution in [3.63, 3.8) is 0 Å². The summed E-state index contributed by atoms with van der Waals surface area (Å²) in [5.41, 5.74) is 1.61. The fourth-order valence-electron chi connectivity index (χ4n) is 3.19. The van der Waals surface area contributed by atoms with E-state index >= 15 is 0 Å². The zero-order valence-corrected chi connectivity index (χ0v) is 20.7. The number of rotatable bonds is 13. The van der Waals surface area contributed by atoms with E-state index in [0.29, 0.717) is 18.6 Å². The van der Waals surface area contributed by atoms with Crippen molar-refractivity contribution >= 4 is 29.9 Å². The molecule has 0 aromatic heterocycles. The van der Waals surface area contributed by atoms with Crippen LogP contribution in [0, 0.1) is 5.41 Å². The van der Waals surface area contributed by atoms with Crippen LogP contribution >= 0.6 is 24.0 Å². The zero-order chi connectivity index (χ0) is 20.2. The first kappa shape index (κ1) is 25.8. The minimum Gasteiger partial charge on any atom is -0.490 e. The van der Waals surface area contributed by atoms with Crippen LogP contribution in [0.15, 0.2) is 23.2 Å². The largest absolute Gasteiger partial charge is 0.490 e. The molecule has 0 saturated heterocycles. The second-order valence-electron chi connectivity index (χ2n) is 7.20. The summed E-state index contributed by atoms with van der Waals surface area (Å²) in [5, 5.41) is 6.89. The number of aliphatic imine (C=N–C) groups is 1. The molecule has 0 heterocycles. The van der Waals surface area contributed by atoms with E-state index in [0.717, 1.165) is 56.6 Å². The number of nitrogens with zero attached hydrogens (tertiary/aromatic N) is 1. The Morgan fingerprint density at radius 1 is 1.03 bits per heavy atom. The van der Waals surface area contributed by atoms with Gasteiger partial charge < -0.3 is 24.8 Å². The maximum Gasteiger partial charge on any atom is 0.191 e. The lowest BCUT2D eigenvalue weighted by Gasteiger charge is -2.18. The average molecular weight is 519 g/mol. The van der Waals surface area contributed by atoms with Crippen molar-refractivity contribution in [1.29, 1.82) is 0 Å². The van der Waals surface area contributed by atoms with Gasteiger partial charge in [0.05, 0.1) is 13.2 Å². The minimum absolute atomic E-state index is 0. The van der Waals surface area contributed by atoms with E-state index in [9.17, 15) is 0 Å². The Labute approximate surface area is 193 Å². The maximum atomic E-state index is 5.71. The molecule has 1 aliphatic carbocycles. The van der Waals surface area contributed by atoms with Gasteiger partial charge in [0.15, 0.2) is 17.5 Å². The molecule has 0 bridgehead atoms. The van der Waals surface area contributed by atoms with E-state index in [1.54, 1.807) is 0 Å². The van der Waals surface area contributed by atoms with Crippen LogP contribution in [0.3, 0.4) is 0 Å². The SMILES string of the molecule is CCOCCC1(CNC(=NC)NCCc2ccc(OCC)c(OCC)c2)CC1.I. The quantitative estimate of drug-likeness (QED) is 0.179. The Hall–Kier alpha value is -1.22. The summed E-state index contributed by atoms with van der Waals surface area (Å²) in [5.74, 6) is 2.48. The maximum absolute atomic E-state index is 5.71. The third-order valence-electron chi connectivity index (χ3n) is 5.11. The lowest BCUT2D eigenvalue weighted by atomic mass is 10.0. The van der Waals surface area contributed by atoms with E-state index in [1.165, 1.54) is 18.4 Å². The Morgan fingerprint density at radius 3 is 2.38 bits per heavy atom. The highest BCUT2D eigenvalue weighted by molar-refractivity contribution is 14.0. The molecule has 1 fully saturated rings. The number of nitrogens with one attached hydrogen (secondary N) is 2. The van der Waals surface area contributed by atoms with Crippen molar-refractivity contribution in [3.8, 4) is 11.5 Å². The molecule has 2 rings (SSSR count). The smallest absolute Gasteiger partial charge is 0.191 e. The molecule has 29 heavy (non-hydrogen) atoms. The highest BCUT2D eigenvalue weighted by Crippen LogP contribution is 2.48. The number of hydrogen-bond acceptors (Lipinski definition) is 4. The minimum atomic E-state index is 0. The average Bonchev–Trinajstić information content (AvgIpc) is 3.47. The van der Waals surface area contributed by atoms with Gasteiger partial charge in [0.1, 0.15) is 0 Å². The summed E-state index contributed by atoms with van der Waals surface area (Å²) in [6.45, 7) is 10.7. The van der Waals surface area contributed by atoms with Crippen molar-refractivity contribution in [2.24, 2.45) is 10.4 Å². The summed E-state index contributed by atoms with van der Waals surface area (Å²) < 4.78 is 16.9. The van der Waals surface area contributed by atoms with Crippen LogP contribution in [-0.4, -0.2) is 52.5 Å². The Morgan fingerprint density at radius 2 is 1.76 bits per heavy atom. The van der Waals surface area contributed by atoms with Gasteiger partial charge in [-0.25, -0.2) is 0 Å². The Bertz CT molecular complexity index is 621. The fraction of sp³-hybridized carbons (Fsp3) is 0.682. The molecular weight excluding hydrogens is 481 g/mol. The summed E-state index contributed by atoms with van der Waals surface area (Å²) >= 11 is 0. The predicted octanol–water partition coefficient (Wildman–Crippen LogP) is 4.02. The van der Waals surface area contributed by atoms with Gasteiger partial charge in [0, 0.05) is 33.4 Å². The fourth-order valence-corrected chi connectivity index (χ4v) is 3.19. The van der Waals surface area contributed by atoms with Crippen LogP contribution in [-0.2, 0) is 11.2 Å². The molecule has 1 saturated carbocycles. The van der Waals surface area contributed by atoms with Crippen LogP contribution in [0.1, 0.15) is 45.6 Å². The number of guanidine groups is 1. The van der Waals surface area contributed by atoms with Crippen LogP contribution in [0.2, 0.25) is 0 Å². The molecule has 2 N–H and O–H groups in total. The van der Waals surface area contributed by atoms with Crippen molar-refractivity contribution in [2.75, 3.05) is 46.6 Å². The highest BCUT2D eigenvalue weighted by Gasteiger charge is 2.41. The van der Waals surface area contributed by atoms with Gasteiger partial charge in [-0.1, -0.05) is 6.07 Å². The van der Waals surface area contributed by atoms with E-state index in [-0.39, 0.29) is 24.0 Å². The molecule has 0 aliphatic heterocycles.